The van der Waals surface area contributed by atoms with Gasteiger partial charge in [-0.15, -0.1) is 11.6 Å². The lowest BCUT2D eigenvalue weighted by Crippen LogP contribution is -2.12. The highest BCUT2D eigenvalue weighted by Gasteiger charge is 2.01. The Labute approximate surface area is 88.8 Å². The number of halogens is 2. The lowest BCUT2D eigenvalue weighted by molar-refractivity contribution is -0.115. The maximum atomic E-state index is 11.0. The number of aromatic nitrogens is 2. The number of carbonyl (C=O) groups is 1. The largest absolute Gasteiger partial charge is 0.309 e. The smallest absolute Gasteiger partial charge is 0.226 e. The van der Waals surface area contributed by atoms with E-state index in [4.69, 9.17) is 11.6 Å². The highest BCUT2D eigenvalue weighted by Crippen LogP contribution is 2.06. The van der Waals surface area contributed by atoms with Crippen LogP contribution in [-0.4, -0.2) is 21.8 Å². The molecule has 0 radical (unpaired) electrons. The molecular weight excluding hydrogens is 257 g/mol. The van der Waals surface area contributed by atoms with Crippen molar-refractivity contribution in [1.82, 2.24) is 9.97 Å². The highest BCUT2D eigenvalue weighted by molar-refractivity contribution is 9.10. The summed E-state index contributed by atoms with van der Waals surface area (Å²) in [7, 11) is 0. The van der Waals surface area contributed by atoms with Crippen molar-refractivity contribution < 1.29 is 4.79 Å². The van der Waals surface area contributed by atoms with Crippen LogP contribution in [0.5, 0.6) is 0 Å². The van der Waals surface area contributed by atoms with Crippen LogP contribution >= 0.6 is 27.5 Å². The summed E-state index contributed by atoms with van der Waals surface area (Å²) < 4.78 is 0.628. The van der Waals surface area contributed by atoms with Crippen molar-refractivity contribution in [3.05, 3.63) is 17.0 Å². The van der Waals surface area contributed by atoms with Gasteiger partial charge in [0, 0.05) is 12.3 Å². The molecule has 0 aliphatic rings. The molecule has 0 saturated carbocycles. The van der Waals surface area contributed by atoms with Gasteiger partial charge in [-0.2, -0.15) is 0 Å². The minimum absolute atomic E-state index is 0.161. The van der Waals surface area contributed by atoms with E-state index in [9.17, 15) is 4.79 Å². The normalized spacial score (nSPS) is 9.69. The van der Waals surface area contributed by atoms with Gasteiger partial charge in [0.2, 0.25) is 5.91 Å². The number of hydrogen-bond donors (Lipinski definition) is 1. The number of anilines is 1. The quantitative estimate of drug-likeness (QED) is 0.847. The van der Waals surface area contributed by atoms with E-state index in [0.717, 1.165) is 0 Å². The highest BCUT2D eigenvalue weighted by atomic mass is 79.9. The van der Waals surface area contributed by atoms with E-state index in [2.05, 4.69) is 31.2 Å². The van der Waals surface area contributed by atoms with E-state index in [0.29, 0.717) is 16.3 Å². The Bertz CT molecular complexity index is 290. The lowest BCUT2D eigenvalue weighted by Gasteiger charge is -2.01. The molecule has 1 heterocycles. The van der Waals surface area contributed by atoms with Gasteiger partial charge in [-0.25, -0.2) is 9.97 Å². The summed E-state index contributed by atoms with van der Waals surface area (Å²) >= 11 is 8.52. The van der Waals surface area contributed by atoms with Crippen LogP contribution in [0.25, 0.3) is 0 Å². The Balaban J connectivity index is 2.54. The minimum atomic E-state index is -0.161. The molecule has 1 N–H and O–H groups in total. The third-order valence-corrected chi connectivity index (χ3v) is 1.81. The van der Waals surface area contributed by atoms with Crippen LogP contribution in [0.2, 0.25) is 0 Å². The molecule has 0 saturated heterocycles. The average molecular weight is 265 g/mol. The predicted molar refractivity (Wildman–Crippen MR) is 53.7 cm³/mol. The first-order valence-electron chi connectivity index (χ1n) is 3.55. The van der Waals surface area contributed by atoms with Crippen molar-refractivity contribution in [2.24, 2.45) is 0 Å². The molecule has 0 aliphatic heterocycles. The van der Waals surface area contributed by atoms with Gasteiger partial charge in [-0.3, -0.25) is 4.79 Å². The van der Waals surface area contributed by atoms with E-state index < -0.39 is 0 Å². The van der Waals surface area contributed by atoms with Crippen LogP contribution in [0.3, 0.4) is 0 Å². The molecule has 1 aromatic rings. The number of nitrogens with one attached hydrogen (secondary N) is 1. The summed E-state index contributed by atoms with van der Waals surface area (Å²) in [5.74, 6) is 0.570. The zero-order valence-corrected chi connectivity index (χ0v) is 8.97. The van der Waals surface area contributed by atoms with Crippen molar-refractivity contribution in [2.75, 3.05) is 11.2 Å². The van der Waals surface area contributed by atoms with Crippen LogP contribution in [0.4, 0.5) is 5.82 Å². The summed E-state index contributed by atoms with van der Waals surface area (Å²) in [6.07, 6.45) is 3.26. The fourth-order valence-corrected chi connectivity index (χ4v) is 1.04. The topological polar surface area (TPSA) is 54.9 Å². The first kappa shape index (κ1) is 10.4. The van der Waals surface area contributed by atoms with E-state index >= 15 is 0 Å². The van der Waals surface area contributed by atoms with Gasteiger partial charge in [0.1, 0.15) is 4.60 Å². The predicted octanol–water partition coefficient (Wildman–Crippen LogP) is 1.81. The Morgan fingerprint density at radius 3 is 2.85 bits per heavy atom. The maximum absolute atomic E-state index is 11.0. The third-order valence-electron chi connectivity index (χ3n) is 1.21. The lowest BCUT2D eigenvalue weighted by atomic mass is 10.4. The third kappa shape index (κ3) is 3.69. The summed E-state index contributed by atoms with van der Waals surface area (Å²) in [5.41, 5.74) is 0. The number of rotatable bonds is 3. The summed E-state index contributed by atoms with van der Waals surface area (Å²) in [6, 6.07) is 0. The van der Waals surface area contributed by atoms with E-state index in [-0.39, 0.29) is 12.3 Å². The molecule has 0 bridgehead atoms. The second-order valence-corrected chi connectivity index (χ2v) is 3.40. The van der Waals surface area contributed by atoms with Crippen LogP contribution < -0.4 is 5.32 Å². The molecule has 0 unspecified atom stereocenters. The molecular formula is C7H7BrClN3O. The second kappa shape index (κ2) is 5.14. The second-order valence-electron chi connectivity index (χ2n) is 2.21. The van der Waals surface area contributed by atoms with Crippen molar-refractivity contribution in [1.29, 1.82) is 0 Å². The number of carbonyl (C=O) groups excluding carboxylic acids is 1. The minimum Gasteiger partial charge on any atom is -0.309 e. The molecule has 0 aromatic carbocycles. The Hall–Kier alpha value is -0.680. The molecule has 1 amide bonds. The molecule has 6 heteroatoms. The van der Waals surface area contributed by atoms with Gasteiger partial charge >= 0.3 is 0 Å². The molecule has 0 spiro atoms. The molecule has 1 aromatic heterocycles. The van der Waals surface area contributed by atoms with E-state index in [1.165, 1.54) is 12.4 Å². The van der Waals surface area contributed by atoms with E-state index in [1.54, 1.807) is 0 Å². The molecule has 13 heavy (non-hydrogen) atoms. The zero-order chi connectivity index (χ0) is 9.68. The Morgan fingerprint density at radius 1 is 1.54 bits per heavy atom. The maximum Gasteiger partial charge on any atom is 0.226 e. The summed E-state index contributed by atoms with van der Waals surface area (Å²) in [6.45, 7) is 0. The van der Waals surface area contributed by atoms with Crippen LogP contribution in [0, 0.1) is 0 Å². The first-order valence-corrected chi connectivity index (χ1v) is 4.88. The zero-order valence-electron chi connectivity index (χ0n) is 6.63. The van der Waals surface area contributed by atoms with Gasteiger partial charge in [-0.05, 0) is 15.9 Å². The number of nitrogens with zero attached hydrogens (tertiary/aromatic N) is 2. The number of alkyl halides is 1. The fourth-order valence-electron chi connectivity index (χ4n) is 0.668. The molecule has 70 valence electrons. The standard InChI is InChI=1S/C7H7BrClN3O/c8-5-3-11-6(4-10-5)12-7(13)1-2-9/h3-4H,1-2H2,(H,11,12,13). The molecule has 0 atom stereocenters. The summed E-state index contributed by atoms with van der Waals surface area (Å²) in [5, 5.41) is 2.55. The van der Waals surface area contributed by atoms with Crippen LogP contribution in [-0.2, 0) is 4.79 Å². The molecule has 4 nitrogen and oxygen atoms in total. The van der Waals surface area contributed by atoms with Crippen molar-refractivity contribution in [2.45, 2.75) is 6.42 Å². The monoisotopic (exact) mass is 263 g/mol. The van der Waals surface area contributed by atoms with Crippen molar-refractivity contribution in [3.8, 4) is 0 Å². The van der Waals surface area contributed by atoms with Gasteiger partial charge in [0.05, 0.1) is 12.4 Å². The average Bonchev–Trinajstić information content (AvgIpc) is 2.09. The van der Waals surface area contributed by atoms with Gasteiger partial charge in [0.15, 0.2) is 5.82 Å². The number of hydrogen-bond acceptors (Lipinski definition) is 3. The van der Waals surface area contributed by atoms with Crippen molar-refractivity contribution >= 4 is 39.3 Å². The van der Waals surface area contributed by atoms with Gasteiger partial charge < -0.3 is 5.32 Å². The Morgan fingerprint density at radius 2 is 2.31 bits per heavy atom. The van der Waals surface area contributed by atoms with Crippen molar-refractivity contribution in [3.63, 3.8) is 0 Å². The number of amides is 1. The van der Waals surface area contributed by atoms with Gasteiger partial charge in [-0.1, -0.05) is 0 Å². The Kier molecular flexibility index (Phi) is 4.11. The van der Waals surface area contributed by atoms with E-state index in [1.807, 2.05) is 0 Å². The molecule has 1 rings (SSSR count). The first-order chi connectivity index (χ1) is 6.22. The fraction of sp³-hybridized carbons (Fsp3) is 0.286. The molecule has 0 aliphatic carbocycles. The molecule has 0 fully saturated rings. The van der Waals surface area contributed by atoms with Gasteiger partial charge in [0.25, 0.3) is 0 Å². The van der Waals surface area contributed by atoms with Crippen LogP contribution in [0.15, 0.2) is 17.0 Å². The van der Waals surface area contributed by atoms with Crippen LogP contribution in [0.1, 0.15) is 6.42 Å². The SMILES string of the molecule is O=C(CCCl)Nc1cnc(Br)cn1. The summed E-state index contributed by atoms with van der Waals surface area (Å²) in [4.78, 5) is 18.8.